The second-order valence-corrected chi connectivity index (χ2v) is 3.70. The van der Waals surface area contributed by atoms with Crippen LogP contribution >= 0.6 is 15.9 Å². The van der Waals surface area contributed by atoms with E-state index in [2.05, 4.69) is 21.2 Å². The first-order chi connectivity index (χ1) is 7.16. The fraction of sp³-hybridized carbons (Fsp3) is 0.333. The average molecular weight is 275 g/mol. The van der Waals surface area contributed by atoms with Crippen LogP contribution in [-0.2, 0) is 6.54 Å². The third kappa shape index (κ3) is 3.26. The van der Waals surface area contributed by atoms with E-state index in [0.29, 0.717) is 17.6 Å². The lowest BCUT2D eigenvalue weighted by Gasteiger charge is -2.05. The van der Waals surface area contributed by atoms with Crippen molar-refractivity contribution in [3.8, 4) is 0 Å². The molecule has 0 bridgehead atoms. The molecule has 2 N–H and O–H groups in total. The van der Waals surface area contributed by atoms with Crippen LogP contribution in [-0.4, -0.2) is 23.2 Å². The van der Waals surface area contributed by atoms with Gasteiger partial charge in [0, 0.05) is 19.2 Å². The predicted octanol–water partition coefficient (Wildman–Crippen LogP) is 1.44. The molecule has 0 fully saturated rings. The third-order valence-corrected chi connectivity index (χ3v) is 2.77. The van der Waals surface area contributed by atoms with Crippen LogP contribution in [0.3, 0.4) is 0 Å². The molecule has 1 rings (SSSR count). The van der Waals surface area contributed by atoms with Gasteiger partial charge in [-0.2, -0.15) is 0 Å². The maximum Gasteiger partial charge on any atom is 0.283 e. The number of aliphatic hydroxyl groups excluding tert-OH is 1. The first-order valence-corrected chi connectivity index (χ1v) is 5.19. The fourth-order valence-corrected chi connectivity index (χ4v) is 1.70. The van der Waals surface area contributed by atoms with E-state index in [1.54, 1.807) is 12.1 Å². The largest absolute Gasteiger partial charge is 0.395 e. The fourth-order valence-electron chi connectivity index (χ4n) is 1.15. The zero-order valence-electron chi connectivity index (χ0n) is 7.94. The Kier molecular flexibility index (Phi) is 4.67. The lowest BCUT2D eigenvalue weighted by atomic mass is 10.2. The summed E-state index contributed by atoms with van der Waals surface area (Å²) in [5.74, 6) is 0. The van der Waals surface area contributed by atoms with Gasteiger partial charge in [0.1, 0.15) is 0 Å². The summed E-state index contributed by atoms with van der Waals surface area (Å²) in [6.45, 7) is 1.00. The van der Waals surface area contributed by atoms with Crippen molar-refractivity contribution in [1.29, 1.82) is 0 Å². The maximum absolute atomic E-state index is 10.6. The minimum absolute atomic E-state index is 0.0482. The van der Waals surface area contributed by atoms with Gasteiger partial charge in [0.25, 0.3) is 5.69 Å². The van der Waals surface area contributed by atoms with Crippen LogP contribution < -0.4 is 5.32 Å². The Bertz CT molecular complexity index is 357. The molecule has 0 amide bonds. The first-order valence-electron chi connectivity index (χ1n) is 4.40. The summed E-state index contributed by atoms with van der Waals surface area (Å²) in [4.78, 5) is 10.2. The highest BCUT2D eigenvalue weighted by Crippen LogP contribution is 2.27. The molecule has 0 saturated carbocycles. The molecule has 1 aromatic carbocycles. The number of nitrogens with one attached hydrogen (secondary N) is 1. The summed E-state index contributed by atoms with van der Waals surface area (Å²) >= 11 is 3.19. The molecule has 0 aliphatic heterocycles. The lowest BCUT2D eigenvalue weighted by molar-refractivity contribution is -0.385. The van der Waals surface area contributed by atoms with E-state index in [9.17, 15) is 10.1 Å². The Balaban J connectivity index is 2.80. The molecule has 0 radical (unpaired) electrons. The van der Waals surface area contributed by atoms with Gasteiger partial charge in [-0.25, -0.2) is 0 Å². The summed E-state index contributed by atoms with van der Waals surface area (Å²) in [7, 11) is 0. The van der Waals surface area contributed by atoms with Gasteiger partial charge in [-0.1, -0.05) is 12.1 Å². The van der Waals surface area contributed by atoms with E-state index < -0.39 is 4.92 Å². The number of nitro benzene ring substituents is 1. The van der Waals surface area contributed by atoms with Crippen molar-refractivity contribution in [3.63, 3.8) is 0 Å². The van der Waals surface area contributed by atoms with Crippen molar-refractivity contribution in [2.75, 3.05) is 13.2 Å². The number of aliphatic hydroxyl groups is 1. The third-order valence-electron chi connectivity index (χ3n) is 1.86. The molecule has 0 unspecified atom stereocenters. The van der Waals surface area contributed by atoms with Gasteiger partial charge in [0.15, 0.2) is 0 Å². The number of rotatable bonds is 5. The highest BCUT2D eigenvalue weighted by molar-refractivity contribution is 9.10. The van der Waals surface area contributed by atoms with Crippen LogP contribution in [0.1, 0.15) is 5.56 Å². The maximum atomic E-state index is 10.6. The van der Waals surface area contributed by atoms with Crippen LogP contribution in [0, 0.1) is 10.1 Å². The molecule has 0 atom stereocenters. The van der Waals surface area contributed by atoms with Gasteiger partial charge in [0.05, 0.1) is 16.0 Å². The second kappa shape index (κ2) is 5.79. The Labute approximate surface area is 95.4 Å². The molecule has 0 aromatic heterocycles. The smallest absolute Gasteiger partial charge is 0.283 e. The molecule has 0 spiro atoms. The molecule has 5 nitrogen and oxygen atoms in total. The molecule has 0 heterocycles. The predicted molar refractivity (Wildman–Crippen MR) is 59.6 cm³/mol. The van der Waals surface area contributed by atoms with Crippen molar-refractivity contribution < 1.29 is 10.0 Å². The Hall–Kier alpha value is -0.980. The Morgan fingerprint density at radius 1 is 1.53 bits per heavy atom. The summed E-state index contributed by atoms with van der Waals surface area (Å²) in [6.07, 6.45) is 0. The lowest BCUT2D eigenvalue weighted by Crippen LogP contribution is -2.17. The highest BCUT2D eigenvalue weighted by atomic mass is 79.9. The van der Waals surface area contributed by atoms with Crippen molar-refractivity contribution >= 4 is 21.6 Å². The summed E-state index contributed by atoms with van der Waals surface area (Å²) in [5, 5.41) is 22.1. The van der Waals surface area contributed by atoms with Crippen LogP contribution in [0.4, 0.5) is 5.69 Å². The van der Waals surface area contributed by atoms with Gasteiger partial charge in [-0.3, -0.25) is 10.1 Å². The molecular weight excluding hydrogens is 264 g/mol. The standard InChI is InChI=1S/C9H11BrN2O3/c10-9-7(6-11-4-5-13)2-1-3-8(9)12(14)15/h1-3,11,13H,4-6H2. The zero-order valence-corrected chi connectivity index (χ0v) is 9.53. The summed E-state index contributed by atoms with van der Waals surface area (Å²) < 4.78 is 0.487. The second-order valence-electron chi connectivity index (χ2n) is 2.91. The highest BCUT2D eigenvalue weighted by Gasteiger charge is 2.13. The molecule has 6 heteroatoms. The Morgan fingerprint density at radius 3 is 2.87 bits per heavy atom. The minimum atomic E-state index is -0.431. The van der Waals surface area contributed by atoms with Gasteiger partial charge < -0.3 is 10.4 Å². The van der Waals surface area contributed by atoms with Crippen molar-refractivity contribution in [1.82, 2.24) is 5.32 Å². The van der Waals surface area contributed by atoms with Crippen molar-refractivity contribution in [2.24, 2.45) is 0 Å². The quantitative estimate of drug-likeness (QED) is 0.484. The molecule has 15 heavy (non-hydrogen) atoms. The van der Waals surface area contributed by atoms with Crippen LogP contribution in [0.2, 0.25) is 0 Å². The Morgan fingerprint density at radius 2 is 2.27 bits per heavy atom. The van der Waals surface area contributed by atoms with Crippen molar-refractivity contribution in [2.45, 2.75) is 6.54 Å². The summed E-state index contributed by atoms with van der Waals surface area (Å²) in [5.41, 5.74) is 0.857. The molecule has 0 aliphatic rings. The van der Waals surface area contributed by atoms with Gasteiger partial charge in [-0.05, 0) is 21.5 Å². The van der Waals surface area contributed by atoms with E-state index in [0.717, 1.165) is 5.56 Å². The number of nitrogens with zero attached hydrogens (tertiary/aromatic N) is 1. The van der Waals surface area contributed by atoms with Crippen LogP contribution in [0.15, 0.2) is 22.7 Å². The van der Waals surface area contributed by atoms with Gasteiger partial charge in [-0.15, -0.1) is 0 Å². The number of halogens is 1. The van der Waals surface area contributed by atoms with E-state index in [1.807, 2.05) is 0 Å². The van der Waals surface area contributed by atoms with E-state index in [-0.39, 0.29) is 12.3 Å². The number of benzene rings is 1. The van der Waals surface area contributed by atoms with Crippen molar-refractivity contribution in [3.05, 3.63) is 38.3 Å². The molecule has 0 aliphatic carbocycles. The zero-order chi connectivity index (χ0) is 11.3. The van der Waals surface area contributed by atoms with E-state index in [4.69, 9.17) is 5.11 Å². The number of hydrogen-bond acceptors (Lipinski definition) is 4. The van der Waals surface area contributed by atoms with Crippen LogP contribution in [0.5, 0.6) is 0 Å². The van der Waals surface area contributed by atoms with Gasteiger partial charge in [0.2, 0.25) is 0 Å². The number of nitro groups is 1. The SMILES string of the molecule is O=[N+]([O-])c1cccc(CNCCO)c1Br. The molecule has 82 valence electrons. The van der Waals surface area contributed by atoms with Crippen LogP contribution in [0.25, 0.3) is 0 Å². The normalized spacial score (nSPS) is 10.3. The molecule has 0 saturated heterocycles. The molecular formula is C9H11BrN2O3. The van der Waals surface area contributed by atoms with E-state index >= 15 is 0 Å². The minimum Gasteiger partial charge on any atom is -0.395 e. The topological polar surface area (TPSA) is 75.4 Å². The van der Waals surface area contributed by atoms with Gasteiger partial charge >= 0.3 is 0 Å². The average Bonchev–Trinajstić information content (AvgIpc) is 2.20. The monoisotopic (exact) mass is 274 g/mol. The summed E-state index contributed by atoms with van der Waals surface area (Å²) in [6, 6.07) is 4.87. The number of hydrogen-bond donors (Lipinski definition) is 2. The molecule has 1 aromatic rings. The van der Waals surface area contributed by atoms with E-state index in [1.165, 1.54) is 6.07 Å². The first kappa shape index (κ1) is 12.1.